The highest BCUT2D eigenvalue weighted by molar-refractivity contribution is 7.92. The van der Waals surface area contributed by atoms with Crippen LogP contribution in [0.4, 0.5) is 5.69 Å². The Balaban J connectivity index is 2.10. The van der Waals surface area contributed by atoms with Gasteiger partial charge in [0.1, 0.15) is 24.1 Å². The summed E-state index contributed by atoms with van der Waals surface area (Å²) in [5.74, 6) is -0.0803. The summed E-state index contributed by atoms with van der Waals surface area (Å²) < 4.78 is 37.8. The molecule has 0 unspecified atom stereocenters. The van der Waals surface area contributed by atoms with Crippen LogP contribution in [0.3, 0.4) is 0 Å². The van der Waals surface area contributed by atoms with Crippen LogP contribution in [0.25, 0.3) is 0 Å². The maximum absolute atomic E-state index is 14.2. The number of rotatable bonds is 14. The highest BCUT2D eigenvalue weighted by atomic mass is 35.5. The fourth-order valence-corrected chi connectivity index (χ4v) is 5.42. The number of carbonyl (C=O) groups excluding carboxylic acids is 2. The minimum Gasteiger partial charge on any atom is -0.497 e. The molecule has 0 radical (unpaired) electrons. The number of halogens is 1. The third-order valence-corrected chi connectivity index (χ3v) is 8.08. The van der Waals surface area contributed by atoms with E-state index in [1.807, 2.05) is 44.2 Å². The second-order valence-corrected chi connectivity index (χ2v) is 12.6. The number of anilines is 1. The van der Waals surface area contributed by atoms with Crippen LogP contribution >= 0.6 is 11.6 Å². The van der Waals surface area contributed by atoms with Crippen LogP contribution in [0.2, 0.25) is 5.02 Å². The van der Waals surface area contributed by atoms with Crippen LogP contribution in [0.5, 0.6) is 11.5 Å². The van der Waals surface area contributed by atoms with Crippen molar-refractivity contribution in [1.82, 2.24) is 10.2 Å². The molecule has 9 nitrogen and oxygen atoms in total. The van der Waals surface area contributed by atoms with Crippen LogP contribution in [0, 0.1) is 5.92 Å². The predicted molar refractivity (Wildman–Crippen MR) is 166 cm³/mol. The van der Waals surface area contributed by atoms with E-state index in [2.05, 4.69) is 5.32 Å². The molecule has 3 rings (SSSR count). The second-order valence-electron chi connectivity index (χ2n) is 10.3. The average Bonchev–Trinajstić information content (AvgIpc) is 2.96. The third kappa shape index (κ3) is 8.87. The lowest BCUT2D eigenvalue weighted by Crippen LogP contribution is -2.53. The first-order valence-corrected chi connectivity index (χ1v) is 15.7. The summed E-state index contributed by atoms with van der Waals surface area (Å²) >= 11 is 6.49. The average molecular weight is 616 g/mol. The first-order chi connectivity index (χ1) is 19.9. The molecule has 0 saturated heterocycles. The van der Waals surface area contributed by atoms with Gasteiger partial charge in [0.25, 0.3) is 0 Å². The summed E-state index contributed by atoms with van der Waals surface area (Å²) in [6.45, 7) is 3.78. The molecule has 0 bridgehead atoms. The topological polar surface area (TPSA) is 105 Å². The van der Waals surface area contributed by atoms with E-state index in [1.165, 1.54) is 31.3 Å². The molecule has 0 saturated carbocycles. The van der Waals surface area contributed by atoms with Crippen molar-refractivity contribution in [3.63, 3.8) is 0 Å². The Morgan fingerprint density at radius 3 is 2.21 bits per heavy atom. The largest absolute Gasteiger partial charge is 0.497 e. The van der Waals surface area contributed by atoms with E-state index in [-0.39, 0.29) is 36.2 Å². The Morgan fingerprint density at radius 2 is 1.62 bits per heavy atom. The first-order valence-electron chi connectivity index (χ1n) is 13.5. The number of nitrogens with zero attached hydrogens (tertiary/aromatic N) is 2. The normalized spacial score (nSPS) is 12.0. The fourth-order valence-electron chi connectivity index (χ4n) is 4.37. The van der Waals surface area contributed by atoms with E-state index < -0.39 is 28.5 Å². The summed E-state index contributed by atoms with van der Waals surface area (Å²) in [5, 5.41) is 3.38. The Morgan fingerprint density at radius 1 is 0.952 bits per heavy atom. The van der Waals surface area contributed by atoms with E-state index in [0.29, 0.717) is 22.9 Å². The molecular weight excluding hydrogens is 578 g/mol. The molecule has 0 heterocycles. The van der Waals surface area contributed by atoms with E-state index in [9.17, 15) is 18.0 Å². The predicted octanol–water partition coefficient (Wildman–Crippen LogP) is 4.54. The molecule has 42 heavy (non-hydrogen) atoms. The molecule has 0 spiro atoms. The molecule has 0 fully saturated rings. The van der Waals surface area contributed by atoms with Gasteiger partial charge in [0.2, 0.25) is 21.8 Å². The number of carbonyl (C=O) groups is 2. The number of amides is 2. The number of sulfonamides is 1. The molecule has 0 aromatic heterocycles. The van der Waals surface area contributed by atoms with Crippen molar-refractivity contribution in [3.8, 4) is 11.5 Å². The molecule has 0 aliphatic heterocycles. The van der Waals surface area contributed by atoms with E-state index in [4.69, 9.17) is 21.1 Å². The van der Waals surface area contributed by atoms with Crippen LogP contribution in [-0.4, -0.2) is 64.7 Å². The Kier molecular flexibility index (Phi) is 11.6. The van der Waals surface area contributed by atoms with Gasteiger partial charge in [-0.05, 0) is 35.2 Å². The van der Waals surface area contributed by atoms with Gasteiger partial charge in [-0.15, -0.1) is 0 Å². The number of hydrogen-bond acceptors (Lipinski definition) is 6. The van der Waals surface area contributed by atoms with Gasteiger partial charge in [-0.1, -0.05) is 74.0 Å². The molecule has 2 amide bonds. The standard InChI is InChI=1S/C31H38ClN3O6S/c1-22(2)19-33-31(37)28(17-23-11-7-6-8-12-23)34(20-24-13-9-10-14-26(24)32)30(36)21-35(42(5,38)39)27-16-15-25(40-3)18-29(27)41-4/h6-16,18,22,28H,17,19-21H2,1-5H3,(H,33,37)/t28-/m1/s1. The maximum atomic E-state index is 14.2. The number of benzene rings is 3. The minimum absolute atomic E-state index is 0.0115. The number of nitrogens with one attached hydrogen (secondary N) is 1. The smallest absolute Gasteiger partial charge is 0.244 e. The molecule has 3 aromatic rings. The van der Waals surface area contributed by atoms with Gasteiger partial charge in [-0.3, -0.25) is 13.9 Å². The van der Waals surface area contributed by atoms with E-state index >= 15 is 0 Å². The van der Waals surface area contributed by atoms with Gasteiger partial charge in [-0.25, -0.2) is 8.42 Å². The highest BCUT2D eigenvalue weighted by Gasteiger charge is 2.34. The molecule has 3 aromatic carbocycles. The fraction of sp³-hybridized carbons (Fsp3) is 0.355. The van der Waals surface area contributed by atoms with Crippen LogP contribution in [0.1, 0.15) is 25.0 Å². The molecule has 11 heteroatoms. The zero-order valence-electron chi connectivity index (χ0n) is 24.5. The molecule has 1 atom stereocenters. The summed E-state index contributed by atoms with van der Waals surface area (Å²) in [6, 6.07) is 20.1. The van der Waals surface area contributed by atoms with Crippen LogP contribution in [0.15, 0.2) is 72.8 Å². The van der Waals surface area contributed by atoms with E-state index in [0.717, 1.165) is 16.1 Å². The monoisotopic (exact) mass is 615 g/mol. The Labute approximate surface area is 253 Å². The Bertz CT molecular complexity index is 1470. The van der Waals surface area contributed by atoms with Crippen molar-refractivity contribution in [2.75, 3.05) is 37.9 Å². The van der Waals surface area contributed by atoms with Crippen molar-refractivity contribution >= 4 is 39.1 Å². The maximum Gasteiger partial charge on any atom is 0.244 e. The van der Waals surface area contributed by atoms with Gasteiger partial charge in [0.15, 0.2) is 0 Å². The van der Waals surface area contributed by atoms with Gasteiger partial charge in [0, 0.05) is 30.6 Å². The SMILES string of the molecule is COc1ccc(N(CC(=O)N(Cc2ccccc2Cl)[C@H](Cc2ccccc2)C(=O)NCC(C)C)S(C)(=O)=O)c(OC)c1. The van der Waals surface area contributed by atoms with Gasteiger partial charge >= 0.3 is 0 Å². The Hall–Kier alpha value is -3.76. The molecule has 0 aliphatic carbocycles. The lowest BCUT2D eigenvalue weighted by Gasteiger charge is -2.34. The highest BCUT2D eigenvalue weighted by Crippen LogP contribution is 2.34. The summed E-state index contributed by atoms with van der Waals surface area (Å²) in [6.07, 6.45) is 1.23. The van der Waals surface area contributed by atoms with Crippen molar-refractivity contribution < 1.29 is 27.5 Å². The zero-order valence-corrected chi connectivity index (χ0v) is 26.1. The second kappa shape index (κ2) is 14.9. The van der Waals surface area contributed by atoms with Crippen molar-refractivity contribution in [2.45, 2.75) is 32.9 Å². The number of methoxy groups -OCH3 is 2. The quantitative estimate of drug-likeness (QED) is 0.286. The van der Waals surface area contributed by atoms with Gasteiger partial charge in [-0.2, -0.15) is 0 Å². The van der Waals surface area contributed by atoms with Gasteiger partial charge in [0.05, 0.1) is 26.2 Å². The minimum atomic E-state index is -3.97. The molecule has 226 valence electrons. The lowest BCUT2D eigenvalue weighted by molar-refractivity contribution is -0.140. The molecule has 0 aliphatic rings. The summed E-state index contributed by atoms with van der Waals surface area (Å²) in [5.41, 5.74) is 1.63. The number of hydrogen-bond donors (Lipinski definition) is 1. The van der Waals surface area contributed by atoms with Crippen molar-refractivity contribution in [1.29, 1.82) is 0 Å². The van der Waals surface area contributed by atoms with Crippen molar-refractivity contribution in [2.24, 2.45) is 5.92 Å². The number of ether oxygens (including phenoxy) is 2. The van der Waals surface area contributed by atoms with Crippen LogP contribution < -0.4 is 19.1 Å². The third-order valence-electron chi connectivity index (χ3n) is 6.59. The molecular formula is C31H38ClN3O6S. The molecule has 1 N–H and O–H groups in total. The van der Waals surface area contributed by atoms with Gasteiger partial charge < -0.3 is 19.7 Å². The van der Waals surface area contributed by atoms with Crippen molar-refractivity contribution in [3.05, 3.63) is 88.9 Å². The lowest BCUT2D eigenvalue weighted by atomic mass is 10.0. The van der Waals surface area contributed by atoms with Crippen LogP contribution in [-0.2, 0) is 32.6 Å². The van der Waals surface area contributed by atoms with E-state index in [1.54, 1.807) is 30.3 Å². The summed E-state index contributed by atoms with van der Waals surface area (Å²) in [7, 11) is -1.08. The zero-order chi connectivity index (χ0) is 30.9. The summed E-state index contributed by atoms with van der Waals surface area (Å²) in [4.78, 5) is 29.3. The first kappa shape index (κ1) is 32.8.